The molecule has 0 aliphatic carbocycles. The molecular formula is C22H27FN2O4. The van der Waals surface area contributed by atoms with Gasteiger partial charge in [0, 0.05) is 32.7 Å². The first-order chi connectivity index (χ1) is 13.9. The fourth-order valence-corrected chi connectivity index (χ4v) is 3.45. The molecule has 2 amide bonds. The van der Waals surface area contributed by atoms with Crippen LogP contribution in [-0.2, 0) is 16.1 Å². The molecule has 1 aliphatic rings. The van der Waals surface area contributed by atoms with Crippen molar-refractivity contribution in [2.75, 3.05) is 19.7 Å². The number of benzene rings is 1. The molecule has 0 saturated carbocycles. The van der Waals surface area contributed by atoms with E-state index in [1.807, 2.05) is 0 Å². The molecule has 0 bridgehead atoms. The predicted molar refractivity (Wildman–Crippen MR) is 106 cm³/mol. The molecule has 3 rings (SSSR count). The number of carbonyl (C=O) groups excluding carboxylic acids is 2. The molecule has 0 radical (unpaired) electrons. The van der Waals surface area contributed by atoms with Crippen LogP contribution in [0, 0.1) is 19.7 Å². The molecule has 1 N–H and O–H groups in total. The molecule has 0 spiro atoms. The van der Waals surface area contributed by atoms with Crippen LogP contribution in [0.15, 0.2) is 34.7 Å². The minimum atomic E-state index is -0.312. The van der Waals surface area contributed by atoms with Crippen LogP contribution in [0.5, 0.6) is 0 Å². The predicted octanol–water partition coefficient (Wildman–Crippen LogP) is 3.36. The molecule has 6 nitrogen and oxygen atoms in total. The number of nitrogens with zero attached hydrogens (tertiary/aromatic N) is 1. The number of carbonyl (C=O) groups is 2. The highest BCUT2D eigenvalue weighted by atomic mass is 19.1. The lowest BCUT2D eigenvalue weighted by molar-refractivity contribution is -0.121. The number of aryl methyl sites for hydroxylation is 2. The lowest BCUT2D eigenvalue weighted by atomic mass is 10.1. The van der Waals surface area contributed by atoms with Gasteiger partial charge < -0.3 is 19.4 Å². The highest BCUT2D eigenvalue weighted by molar-refractivity contribution is 5.95. The number of nitrogens with one attached hydrogen (secondary N) is 1. The lowest BCUT2D eigenvalue weighted by Crippen LogP contribution is -2.40. The summed E-state index contributed by atoms with van der Waals surface area (Å²) in [6.07, 6.45) is 2.06. The third-order valence-electron chi connectivity index (χ3n) is 5.02. The van der Waals surface area contributed by atoms with Gasteiger partial charge in [0.25, 0.3) is 5.91 Å². The SMILES string of the molecule is Cc1cc(C(=O)N(CCC(=O)NCc2ccc(F)cc2)CC2CCCO2)c(C)o1. The van der Waals surface area contributed by atoms with Gasteiger partial charge in [-0.15, -0.1) is 0 Å². The Morgan fingerprint density at radius 3 is 2.62 bits per heavy atom. The first kappa shape index (κ1) is 21.0. The minimum absolute atomic E-state index is 0.00506. The Balaban J connectivity index is 1.58. The maximum Gasteiger partial charge on any atom is 0.257 e. The molecule has 2 aromatic rings. The minimum Gasteiger partial charge on any atom is -0.466 e. The Bertz CT molecular complexity index is 841. The number of hydrogen-bond donors (Lipinski definition) is 1. The fourth-order valence-electron chi connectivity index (χ4n) is 3.45. The standard InChI is InChI=1S/C22H27FN2O4/c1-15-12-20(16(2)29-15)22(27)25(14-19-4-3-11-28-19)10-9-21(26)24-13-17-5-7-18(23)8-6-17/h5-8,12,19H,3-4,9-11,13-14H2,1-2H3,(H,24,26). The molecular weight excluding hydrogens is 375 g/mol. The topological polar surface area (TPSA) is 71.8 Å². The average molecular weight is 402 g/mol. The van der Waals surface area contributed by atoms with Gasteiger partial charge in [-0.1, -0.05) is 12.1 Å². The zero-order chi connectivity index (χ0) is 20.8. The molecule has 1 aliphatic heterocycles. The van der Waals surface area contributed by atoms with Gasteiger partial charge >= 0.3 is 0 Å². The first-order valence-electron chi connectivity index (χ1n) is 9.91. The molecule has 1 unspecified atom stereocenters. The maximum atomic E-state index is 13.0. The van der Waals surface area contributed by atoms with Crippen LogP contribution in [0.3, 0.4) is 0 Å². The van der Waals surface area contributed by atoms with Gasteiger partial charge in [-0.2, -0.15) is 0 Å². The second-order valence-corrected chi connectivity index (χ2v) is 7.37. The molecule has 7 heteroatoms. The molecule has 156 valence electrons. The summed E-state index contributed by atoms with van der Waals surface area (Å²) >= 11 is 0. The van der Waals surface area contributed by atoms with Crippen LogP contribution in [0.4, 0.5) is 4.39 Å². The van der Waals surface area contributed by atoms with Gasteiger partial charge in [0.2, 0.25) is 5.91 Å². The van der Waals surface area contributed by atoms with E-state index in [4.69, 9.17) is 9.15 Å². The highest BCUT2D eigenvalue weighted by Crippen LogP contribution is 2.19. The number of rotatable bonds is 8. The molecule has 1 atom stereocenters. The summed E-state index contributed by atoms with van der Waals surface area (Å²) < 4.78 is 24.1. The molecule has 1 aromatic carbocycles. The van der Waals surface area contributed by atoms with Gasteiger partial charge in [-0.25, -0.2) is 4.39 Å². The monoisotopic (exact) mass is 402 g/mol. The number of hydrogen-bond acceptors (Lipinski definition) is 4. The average Bonchev–Trinajstić information content (AvgIpc) is 3.33. The second-order valence-electron chi connectivity index (χ2n) is 7.37. The van der Waals surface area contributed by atoms with Crippen LogP contribution >= 0.6 is 0 Å². The molecule has 29 heavy (non-hydrogen) atoms. The van der Waals surface area contributed by atoms with Crippen molar-refractivity contribution in [1.82, 2.24) is 10.2 Å². The second kappa shape index (κ2) is 9.69. The summed E-state index contributed by atoms with van der Waals surface area (Å²) in [5.41, 5.74) is 1.34. The largest absolute Gasteiger partial charge is 0.466 e. The van der Waals surface area contributed by atoms with Crippen molar-refractivity contribution in [3.8, 4) is 0 Å². The molecule has 1 aromatic heterocycles. The zero-order valence-corrected chi connectivity index (χ0v) is 16.9. The summed E-state index contributed by atoms with van der Waals surface area (Å²) in [4.78, 5) is 27.0. The van der Waals surface area contributed by atoms with Crippen molar-refractivity contribution < 1.29 is 23.1 Å². The van der Waals surface area contributed by atoms with Gasteiger partial charge in [-0.05, 0) is 50.5 Å². The van der Waals surface area contributed by atoms with E-state index in [-0.39, 0.29) is 36.7 Å². The van der Waals surface area contributed by atoms with Gasteiger partial charge in [0.15, 0.2) is 0 Å². The van der Waals surface area contributed by atoms with Crippen molar-refractivity contribution in [3.63, 3.8) is 0 Å². The van der Waals surface area contributed by atoms with E-state index in [0.29, 0.717) is 36.8 Å². The Morgan fingerprint density at radius 2 is 2.00 bits per heavy atom. The van der Waals surface area contributed by atoms with E-state index in [2.05, 4.69) is 5.32 Å². The summed E-state index contributed by atoms with van der Waals surface area (Å²) in [5.74, 6) is 0.624. The van der Waals surface area contributed by atoms with Crippen LogP contribution < -0.4 is 5.32 Å². The van der Waals surface area contributed by atoms with Gasteiger partial charge in [-0.3, -0.25) is 9.59 Å². The van der Waals surface area contributed by atoms with E-state index in [0.717, 1.165) is 18.4 Å². The highest BCUT2D eigenvalue weighted by Gasteiger charge is 2.26. The van der Waals surface area contributed by atoms with Crippen LogP contribution in [0.1, 0.15) is 46.7 Å². The quantitative estimate of drug-likeness (QED) is 0.735. The Morgan fingerprint density at radius 1 is 1.24 bits per heavy atom. The third-order valence-corrected chi connectivity index (χ3v) is 5.02. The van der Waals surface area contributed by atoms with E-state index in [9.17, 15) is 14.0 Å². The summed E-state index contributed by atoms with van der Waals surface area (Å²) in [5, 5.41) is 2.81. The van der Waals surface area contributed by atoms with Gasteiger partial charge in [0.1, 0.15) is 17.3 Å². The zero-order valence-electron chi connectivity index (χ0n) is 16.9. The van der Waals surface area contributed by atoms with E-state index in [1.165, 1.54) is 12.1 Å². The van der Waals surface area contributed by atoms with Crippen LogP contribution in [0.2, 0.25) is 0 Å². The normalized spacial score (nSPS) is 16.0. The van der Waals surface area contributed by atoms with Crippen molar-refractivity contribution in [2.45, 2.75) is 45.8 Å². The van der Waals surface area contributed by atoms with Gasteiger partial charge in [0.05, 0.1) is 11.7 Å². The summed E-state index contributed by atoms with van der Waals surface area (Å²) in [6, 6.07) is 7.71. The van der Waals surface area contributed by atoms with Crippen molar-refractivity contribution in [3.05, 3.63) is 58.8 Å². The maximum absolute atomic E-state index is 13.0. The van der Waals surface area contributed by atoms with Crippen molar-refractivity contribution >= 4 is 11.8 Å². The number of halogens is 1. The smallest absolute Gasteiger partial charge is 0.257 e. The van der Waals surface area contributed by atoms with Crippen LogP contribution in [-0.4, -0.2) is 42.5 Å². The molecule has 1 fully saturated rings. The van der Waals surface area contributed by atoms with E-state index in [1.54, 1.807) is 36.9 Å². The van der Waals surface area contributed by atoms with E-state index < -0.39 is 0 Å². The number of amides is 2. The van der Waals surface area contributed by atoms with Crippen molar-refractivity contribution in [2.24, 2.45) is 0 Å². The Kier molecular flexibility index (Phi) is 7.04. The lowest BCUT2D eigenvalue weighted by Gasteiger charge is -2.25. The Labute approximate surface area is 170 Å². The summed E-state index contributed by atoms with van der Waals surface area (Å²) in [6.45, 7) is 5.33. The fraction of sp³-hybridized carbons (Fsp3) is 0.455. The number of furan rings is 1. The molecule has 2 heterocycles. The third kappa shape index (κ3) is 5.90. The Hall–Kier alpha value is -2.67. The van der Waals surface area contributed by atoms with E-state index >= 15 is 0 Å². The first-order valence-corrected chi connectivity index (χ1v) is 9.91. The van der Waals surface area contributed by atoms with Crippen molar-refractivity contribution in [1.29, 1.82) is 0 Å². The van der Waals surface area contributed by atoms with Crippen LogP contribution in [0.25, 0.3) is 0 Å². The summed E-state index contributed by atoms with van der Waals surface area (Å²) in [7, 11) is 0. The molecule has 1 saturated heterocycles. The number of ether oxygens (including phenoxy) is 1.